The fraction of sp³-hybridized carbons (Fsp3) is 0.474. The second kappa shape index (κ2) is 7.01. The van der Waals surface area contributed by atoms with Gasteiger partial charge in [0.1, 0.15) is 11.4 Å². The highest BCUT2D eigenvalue weighted by Gasteiger charge is 2.41. The predicted octanol–water partition coefficient (Wildman–Crippen LogP) is 1.89. The molecule has 0 aromatic carbocycles. The van der Waals surface area contributed by atoms with E-state index in [4.69, 9.17) is 20.4 Å². The minimum absolute atomic E-state index is 0.111. The summed E-state index contributed by atoms with van der Waals surface area (Å²) in [6.45, 7) is 0.378. The molecule has 2 aromatic heterocycles. The lowest BCUT2D eigenvalue weighted by atomic mass is 9.99. The number of anilines is 2. The van der Waals surface area contributed by atoms with E-state index >= 15 is 0 Å². The number of morpholine rings is 1. The zero-order valence-electron chi connectivity index (χ0n) is 16.3. The van der Waals surface area contributed by atoms with Crippen molar-refractivity contribution < 1.29 is 18.3 Å². The average molecular weight is 417 g/mol. The molecular formula is C19H21F2N7O2. The van der Waals surface area contributed by atoms with Crippen molar-refractivity contribution in [2.24, 2.45) is 5.10 Å². The van der Waals surface area contributed by atoms with Crippen molar-refractivity contribution in [1.82, 2.24) is 20.4 Å². The van der Waals surface area contributed by atoms with E-state index in [-0.39, 0.29) is 23.7 Å². The molecule has 2 bridgehead atoms. The van der Waals surface area contributed by atoms with Gasteiger partial charge in [-0.05, 0) is 19.4 Å². The molecule has 0 spiro atoms. The van der Waals surface area contributed by atoms with Crippen molar-refractivity contribution >= 4 is 17.9 Å². The fourth-order valence-electron chi connectivity index (χ4n) is 4.05. The highest BCUT2D eigenvalue weighted by molar-refractivity contribution is 5.68. The molecule has 2 fully saturated rings. The van der Waals surface area contributed by atoms with Crippen LogP contribution in [-0.4, -0.2) is 53.1 Å². The molecule has 3 aliphatic heterocycles. The number of hydrazone groups is 1. The van der Waals surface area contributed by atoms with Crippen LogP contribution in [0.15, 0.2) is 23.4 Å². The molecule has 3 atom stereocenters. The number of nitrogen functional groups attached to an aromatic ring is 1. The van der Waals surface area contributed by atoms with E-state index in [1.54, 1.807) is 6.21 Å². The molecule has 0 aliphatic carbocycles. The van der Waals surface area contributed by atoms with Gasteiger partial charge in [-0.15, -0.1) is 0 Å². The summed E-state index contributed by atoms with van der Waals surface area (Å²) in [7, 11) is 0. The largest absolute Gasteiger partial charge is 0.431 e. The van der Waals surface area contributed by atoms with Crippen LogP contribution in [0.25, 0.3) is 11.3 Å². The molecule has 5 heterocycles. The summed E-state index contributed by atoms with van der Waals surface area (Å²) in [6.07, 6.45) is 5.06. The van der Waals surface area contributed by atoms with Gasteiger partial charge in [-0.3, -0.25) is 5.43 Å². The van der Waals surface area contributed by atoms with E-state index in [9.17, 15) is 8.78 Å². The zero-order valence-corrected chi connectivity index (χ0v) is 16.3. The number of hydrogen-bond donors (Lipinski definition) is 2. The average Bonchev–Trinajstić information content (AvgIpc) is 3.47. The van der Waals surface area contributed by atoms with Crippen LogP contribution in [0.5, 0.6) is 5.75 Å². The molecule has 0 amide bonds. The van der Waals surface area contributed by atoms with Crippen LogP contribution < -0.4 is 20.8 Å². The minimum Gasteiger partial charge on any atom is -0.431 e. The maximum absolute atomic E-state index is 12.7. The predicted molar refractivity (Wildman–Crippen MR) is 105 cm³/mol. The standard InChI is InChI=1S/C19H21F2N7O2/c1-19(2-3-24-27-19)17-25-13(10-4-14(30-18(20)21)16(22)23-7-10)6-15(26-17)28-8-12-5-11(28)9-29-12/h3-4,6-7,11-12,18,27H,2,5,8-9H2,1H3,(H2,22,23)/t11-,12-,19?/m0/s1. The lowest BCUT2D eigenvalue weighted by Crippen LogP contribution is -2.39. The Balaban J connectivity index is 1.58. The number of nitrogens with two attached hydrogens (primary N) is 1. The van der Waals surface area contributed by atoms with Gasteiger partial charge in [0.05, 0.1) is 24.4 Å². The van der Waals surface area contributed by atoms with Crippen LogP contribution >= 0.6 is 0 Å². The van der Waals surface area contributed by atoms with E-state index in [0.29, 0.717) is 30.1 Å². The molecule has 5 rings (SSSR count). The van der Waals surface area contributed by atoms with Crippen LogP contribution in [0.2, 0.25) is 0 Å². The summed E-state index contributed by atoms with van der Waals surface area (Å²) in [6, 6.07) is 3.52. The van der Waals surface area contributed by atoms with Crippen molar-refractivity contribution in [2.75, 3.05) is 23.8 Å². The summed E-state index contributed by atoms with van der Waals surface area (Å²) in [5.41, 5.74) is 9.24. The second-order valence-corrected chi connectivity index (χ2v) is 7.88. The molecule has 0 radical (unpaired) electrons. The van der Waals surface area contributed by atoms with Crippen LogP contribution in [0.4, 0.5) is 20.4 Å². The van der Waals surface area contributed by atoms with Crippen LogP contribution in [0.3, 0.4) is 0 Å². The Bertz CT molecular complexity index is 995. The Kier molecular flexibility index (Phi) is 4.42. The molecule has 0 saturated carbocycles. The van der Waals surface area contributed by atoms with Crippen molar-refractivity contribution in [3.63, 3.8) is 0 Å². The maximum atomic E-state index is 12.7. The summed E-state index contributed by atoms with van der Waals surface area (Å²) in [5, 5.41) is 4.12. The van der Waals surface area contributed by atoms with Crippen LogP contribution in [0, 0.1) is 0 Å². The molecule has 2 aromatic rings. The topological polar surface area (TPSA) is 111 Å². The number of halogens is 2. The number of nitrogens with zero attached hydrogens (tertiary/aromatic N) is 5. The Morgan fingerprint density at radius 1 is 1.37 bits per heavy atom. The first-order valence-electron chi connectivity index (χ1n) is 9.68. The van der Waals surface area contributed by atoms with Crippen molar-refractivity contribution in [3.8, 4) is 17.0 Å². The monoisotopic (exact) mass is 417 g/mol. The van der Waals surface area contributed by atoms with Gasteiger partial charge in [0.15, 0.2) is 17.4 Å². The third kappa shape index (κ3) is 3.28. The zero-order chi connectivity index (χ0) is 20.9. The van der Waals surface area contributed by atoms with E-state index in [0.717, 1.165) is 18.8 Å². The van der Waals surface area contributed by atoms with Crippen molar-refractivity contribution in [3.05, 3.63) is 24.2 Å². The molecule has 30 heavy (non-hydrogen) atoms. The third-order valence-electron chi connectivity index (χ3n) is 5.70. The summed E-state index contributed by atoms with van der Waals surface area (Å²) in [4.78, 5) is 15.7. The Labute approximate surface area is 171 Å². The number of hydrogen-bond acceptors (Lipinski definition) is 9. The summed E-state index contributed by atoms with van der Waals surface area (Å²) >= 11 is 0. The molecule has 3 N–H and O–H groups in total. The highest BCUT2D eigenvalue weighted by Crippen LogP contribution is 2.36. The number of nitrogens with one attached hydrogen (secondary N) is 1. The molecule has 11 heteroatoms. The van der Waals surface area contributed by atoms with Gasteiger partial charge < -0.3 is 20.1 Å². The minimum atomic E-state index is -3.00. The molecular weight excluding hydrogens is 396 g/mol. The van der Waals surface area contributed by atoms with Crippen molar-refractivity contribution in [1.29, 1.82) is 0 Å². The Morgan fingerprint density at radius 2 is 2.23 bits per heavy atom. The fourth-order valence-corrected chi connectivity index (χ4v) is 4.05. The first-order chi connectivity index (χ1) is 14.4. The number of fused-ring (bicyclic) bond motifs is 2. The molecule has 9 nitrogen and oxygen atoms in total. The smallest absolute Gasteiger partial charge is 0.387 e. The normalized spacial score (nSPS) is 27.1. The Morgan fingerprint density at radius 3 is 2.90 bits per heavy atom. The number of rotatable bonds is 5. The van der Waals surface area contributed by atoms with Gasteiger partial charge in [-0.25, -0.2) is 15.0 Å². The Hall–Kier alpha value is -3.08. The van der Waals surface area contributed by atoms with Crippen molar-refractivity contribution in [2.45, 2.75) is 44.1 Å². The number of pyridine rings is 1. The van der Waals surface area contributed by atoms with Gasteiger partial charge in [-0.1, -0.05) is 0 Å². The quantitative estimate of drug-likeness (QED) is 0.759. The summed E-state index contributed by atoms with van der Waals surface area (Å²) < 4.78 is 35.7. The summed E-state index contributed by atoms with van der Waals surface area (Å²) in [5.74, 6) is 1.02. The van der Waals surface area contributed by atoms with E-state index in [1.807, 2.05) is 13.0 Å². The first kappa shape index (κ1) is 18.9. The third-order valence-corrected chi connectivity index (χ3v) is 5.70. The van der Waals surface area contributed by atoms with E-state index in [1.165, 1.54) is 12.3 Å². The number of aromatic nitrogens is 3. The first-order valence-corrected chi connectivity index (χ1v) is 9.68. The van der Waals surface area contributed by atoms with Crippen LogP contribution in [0.1, 0.15) is 25.6 Å². The van der Waals surface area contributed by atoms with Crippen LogP contribution in [-0.2, 0) is 10.3 Å². The molecule has 1 unspecified atom stereocenters. The number of alkyl halides is 2. The SMILES string of the molecule is CC1(c2nc(-c3cnc(N)c(OC(F)F)c3)cc(N3C[C@@H]4C[C@H]3CO4)n2)CC=NN1. The highest BCUT2D eigenvalue weighted by atomic mass is 19.3. The van der Waals surface area contributed by atoms with Gasteiger partial charge in [0.2, 0.25) is 0 Å². The second-order valence-electron chi connectivity index (χ2n) is 7.88. The van der Waals surface area contributed by atoms with E-state index < -0.39 is 12.2 Å². The van der Waals surface area contributed by atoms with Gasteiger partial charge in [0.25, 0.3) is 0 Å². The van der Waals surface area contributed by atoms with Gasteiger partial charge >= 0.3 is 6.61 Å². The van der Waals surface area contributed by atoms with E-state index in [2.05, 4.69) is 25.1 Å². The molecule has 3 aliphatic rings. The lowest BCUT2D eigenvalue weighted by Gasteiger charge is -2.30. The molecule has 2 saturated heterocycles. The maximum Gasteiger partial charge on any atom is 0.387 e. The van der Waals surface area contributed by atoms with Gasteiger partial charge in [0, 0.05) is 37.0 Å². The number of ether oxygens (including phenoxy) is 2. The molecule has 158 valence electrons. The lowest BCUT2D eigenvalue weighted by molar-refractivity contribution is -0.0494. The van der Waals surface area contributed by atoms with Gasteiger partial charge in [-0.2, -0.15) is 13.9 Å².